The maximum absolute atomic E-state index is 13.5. The van der Waals surface area contributed by atoms with Gasteiger partial charge in [0.2, 0.25) is 11.3 Å². The average molecular weight is 780 g/mol. The summed E-state index contributed by atoms with van der Waals surface area (Å²) in [5, 5.41) is 30.0. The Kier molecular flexibility index (Phi) is 12.8. The van der Waals surface area contributed by atoms with Gasteiger partial charge in [0.15, 0.2) is 6.10 Å². The molecule has 0 spiro atoms. The molecule has 0 saturated carbocycles. The third kappa shape index (κ3) is 9.67. The van der Waals surface area contributed by atoms with E-state index in [1.807, 2.05) is 72.1 Å². The molecule has 12 heteroatoms. The van der Waals surface area contributed by atoms with E-state index in [1.165, 1.54) is 12.1 Å². The first kappa shape index (κ1) is 39.2. The highest BCUT2D eigenvalue weighted by molar-refractivity contribution is 7.10. The van der Waals surface area contributed by atoms with E-state index in [-0.39, 0.29) is 23.2 Å². The number of carbonyl (C=O) groups excluding carboxylic acids is 2. The molecule has 3 atom stereocenters. The number of nitrogens with one attached hydrogen (secondary N) is 3. The Hall–Kier alpha value is -5.01. The van der Waals surface area contributed by atoms with Crippen molar-refractivity contribution < 1.29 is 33.8 Å². The Morgan fingerprint density at radius 3 is 2.55 bits per heavy atom. The average Bonchev–Trinajstić information content (AvgIpc) is 3.75. The lowest BCUT2D eigenvalue weighted by atomic mass is 9.83. The zero-order valence-corrected chi connectivity index (χ0v) is 32.3. The molecule has 3 fully saturated rings. The van der Waals surface area contributed by atoms with Crippen molar-refractivity contribution in [3.63, 3.8) is 0 Å². The number of aromatic amines is 1. The molecule has 56 heavy (non-hydrogen) atoms. The highest BCUT2D eigenvalue weighted by atomic mass is 32.1. The van der Waals surface area contributed by atoms with E-state index in [4.69, 9.17) is 9.47 Å². The smallest absolute Gasteiger partial charge is 0.408 e. The number of H-pyrrole nitrogens is 1. The fourth-order valence-corrected chi connectivity index (χ4v) is 9.04. The van der Waals surface area contributed by atoms with Crippen LogP contribution in [0.15, 0.2) is 101 Å². The van der Waals surface area contributed by atoms with Crippen LogP contribution in [0.1, 0.15) is 77.0 Å². The number of carbonyl (C=O) groups is 2. The number of aliphatic hydroxyl groups excluding tert-OH is 1. The molecule has 5 aromatic rings. The molecule has 2 bridgehead atoms. The lowest BCUT2D eigenvalue weighted by molar-refractivity contribution is -0.938. The number of pyridine rings is 1. The molecule has 2 aromatic heterocycles. The number of ketones is 1. The number of benzene rings is 3. The predicted molar refractivity (Wildman–Crippen MR) is 217 cm³/mol. The number of Topliss-reactive ketones (excluding diaryl/α,β-unsaturated/α-hetero) is 1. The highest BCUT2D eigenvalue weighted by Crippen LogP contribution is 2.36. The van der Waals surface area contributed by atoms with Crippen LogP contribution in [0.25, 0.3) is 10.9 Å². The number of thiophene rings is 1. The van der Waals surface area contributed by atoms with Gasteiger partial charge in [-0.1, -0.05) is 67.4 Å². The maximum Gasteiger partial charge on any atom is 0.408 e. The fourth-order valence-electron chi connectivity index (χ4n) is 8.24. The lowest BCUT2D eigenvalue weighted by Gasteiger charge is -2.51. The quantitative estimate of drug-likeness (QED) is 0.0368. The van der Waals surface area contributed by atoms with E-state index in [0.717, 1.165) is 79.9 Å². The van der Waals surface area contributed by atoms with Crippen molar-refractivity contribution in [3.05, 3.63) is 128 Å². The summed E-state index contributed by atoms with van der Waals surface area (Å²) in [6.45, 7) is 4.64. The van der Waals surface area contributed by atoms with Crippen molar-refractivity contribution in [3.8, 4) is 11.5 Å². The van der Waals surface area contributed by atoms with E-state index in [0.29, 0.717) is 53.1 Å². The number of aliphatic hydroxyl groups is 1. The van der Waals surface area contributed by atoms with Gasteiger partial charge in [0.25, 0.3) is 0 Å². The number of amides is 1. The molecule has 294 valence electrons. The number of hydrogen-bond acceptors (Lipinski definition) is 9. The van der Waals surface area contributed by atoms with Crippen LogP contribution in [0.5, 0.6) is 11.5 Å². The van der Waals surface area contributed by atoms with Gasteiger partial charge < -0.3 is 39.8 Å². The van der Waals surface area contributed by atoms with Gasteiger partial charge in [0.05, 0.1) is 37.4 Å². The van der Waals surface area contributed by atoms with Crippen LogP contribution < -0.4 is 20.9 Å². The number of phenolic OH excluding ortho intramolecular Hbond substituents is 1. The first-order chi connectivity index (χ1) is 27.3. The number of aromatic hydroxyl groups is 1. The lowest BCUT2D eigenvalue weighted by Crippen LogP contribution is -2.66. The second-order valence-electron chi connectivity index (χ2n) is 15.1. The predicted octanol–water partition coefficient (Wildman–Crippen LogP) is 6.87. The number of rotatable bonds is 18. The van der Waals surface area contributed by atoms with Gasteiger partial charge in [-0.05, 0) is 66.2 Å². The van der Waals surface area contributed by atoms with Gasteiger partial charge in [-0.25, -0.2) is 4.79 Å². The Morgan fingerprint density at radius 1 is 0.929 bits per heavy atom. The zero-order chi connectivity index (χ0) is 38.9. The molecule has 3 aliphatic heterocycles. The largest absolute Gasteiger partial charge is 0.506 e. The number of nitrogens with zero attached hydrogens (tertiary/aromatic N) is 1. The van der Waals surface area contributed by atoms with Crippen LogP contribution >= 0.6 is 11.3 Å². The number of aromatic nitrogens is 1. The number of phenols is 1. The summed E-state index contributed by atoms with van der Waals surface area (Å²) in [4.78, 5) is 42.0. The Balaban J connectivity index is 0.851. The number of alkyl carbamates (subject to hydrolysis) is 1. The minimum Gasteiger partial charge on any atom is -0.506 e. The highest BCUT2D eigenvalue weighted by Gasteiger charge is 2.48. The van der Waals surface area contributed by atoms with Gasteiger partial charge in [-0.15, -0.1) is 11.3 Å². The molecular weight excluding hydrogens is 729 g/mol. The van der Waals surface area contributed by atoms with Crippen molar-refractivity contribution in [1.29, 1.82) is 0 Å². The summed E-state index contributed by atoms with van der Waals surface area (Å²) < 4.78 is 13.0. The van der Waals surface area contributed by atoms with Crippen LogP contribution in [0.2, 0.25) is 0 Å². The van der Waals surface area contributed by atoms with E-state index in [1.54, 1.807) is 23.5 Å². The Bertz CT molecular complexity index is 2130. The van der Waals surface area contributed by atoms with Gasteiger partial charge in [0.1, 0.15) is 24.6 Å². The molecule has 3 aliphatic rings. The first-order valence-corrected chi connectivity index (χ1v) is 20.6. The van der Waals surface area contributed by atoms with Crippen molar-refractivity contribution in [2.24, 2.45) is 5.92 Å². The molecular formula is C44H51N4O7S+. The molecule has 5 N–H and O–H groups in total. The minimum atomic E-state index is -0.782. The third-order valence-electron chi connectivity index (χ3n) is 11.3. The second-order valence-corrected chi connectivity index (χ2v) is 16.1. The maximum atomic E-state index is 13.5. The molecule has 0 aliphatic carbocycles. The number of piperidine rings is 3. The first-order valence-electron chi connectivity index (χ1n) is 19.7. The number of unbranched alkanes of at least 4 members (excludes halogenated alkanes) is 3. The van der Waals surface area contributed by atoms with Gasteiger partial charge in [-0.3, -0.25) is 9.59 Å². The van der Waals surface area contributed by atoms with E-state index < -0.39 is 18.2 Å². The van der Waals surface area contributed by atoms with Crippen molar-refractivity contribution >= 4 is 34.1 Å². The minimum absolute atomic E-state index is 0.0272. The van der Waals surface area contributed by atoms with E-state index >= 15 is 0 Å². The number of quaternary nitrogens is 1. The topological polar surface area (TPSA) is 150 Å². The Morgan fingerprint density at radius 2 is 1.75 bits per heavy atom. The van der Waals surface area contributed by atoms with Gasteiger partial charge in [0, 0.05) is 47.2 Å². The molecule has 3 saturated heterocycles. The molecule has 1 unspecified atom stereocenters. The zero-order valence-electron chi connectivity index (χ0n) is 31.5. The number of ether oxygens (including phenoxy) is 2. The number of fused-ring (bicyclic) bond motifs is 4. The summed E-state index contributed by atoms with van der Waals surface area (Å²) in [5.41, 5.74) is 2.31. The molecule has 11 nitrogen and oxygen atoms in total. The Labute approximate surface area is 330 Å². The van der Waals surface area contributed by atoms with Crippen molar-refractivity contribution in [2.45, 2.75) is 56.8 Å². The molecule has 3 aromatic carbocycles. The van der Waals surface area contributed by atoms with Crippen LogP contribution in [0.3, 0.4) is 0 Å². The van der Waals surface area contributed by atoms with E-state index in [2.05, 4.69) is 15.6 Å². The third-order valence-corrected chi connectivity index (χ3v) is 12.2. The monoisotopic (exact) mass is 779 g/mol. The second kappa shape index (κ2) is 18.3. The molecule has 1 amide bonds. The molecule has 8 rings (SSSR count). The summed E-state index contributed by atoms with van der Waals surface area (Å²) in [6.07, 6.45) is 4.27. The van der Waals surface area contributed by atoms with Crippen molar-refractivity contribution in [1.82, 2.24) is 15.6 Å². The molecule has 5 heterocycles. The van der Waals surface area contributed by atoms with Gasteiger partial charge >= 0.3 is 6.09 Å². The van der Waals surface area contributed by atoms with Crippen LogP contribution in [0.4, 0.5) is 4.79 Å². The number of hydrogen-bond donors (Lipinski definition) is 5. The van der Waals surface area contributed by atoms with Crippen LogP contribution in [0, 0.1) is 5.92 Å². The van der Waals surface area contributed by atoms with Crippen LogP contribution in [-0.2, 0) is 4.74 Å². The van der Waals surface area contributed by atoms with Crippen LogP contribution in [-0.4, -0.2) is 83.5 Å². The van der Waals surface area contributed by atoms with E-state index in [9.17, 15) is 24.6 Å². The summed E-state index contributed by atoms with van der Waals surface area (Å²) >= 11 is 1.58. The molecule has 0 radical (unpaired) electrons. The van der Waals surface area contributed by atoms with Gasteiger partial charge in [-0.2, -0.15) is 0 Å². The standard InChI is InChI=1S/C44H50N4O7S/c49-36-17-15-34(35-16-18-41(52)46-43(35)36)37(50)27-45-21-6-1-2-7-24-54-33-13-8-12-32(26-33)42(40-14-9-25-56-40)47-44(53)55-39-29-48(22-19-31(39)20-23-48)28-38(51)30-10-4-3-5-11-30/h3-5,8-18,25-26,31,37,39,42,45,50H,1-2,6-7,19-24,27-29H2,(H2-,46,47,49,52,53)/p+1/t31?,37-,39-,42?,48?/m0/s1. The SMILES string of the molecule is O=C(NC(c1cccc(OCCCCCCNC[C@H](O)c2ccc(O)c3[nH]c(=O)ccc23)c1)c1cccs1)O[C@H]1C[N+]2(CC(=O)c3ccccc3)CCC1CC2. The fraction of sp³-hybridized carbons (Fsp3) is 0.386. The summed E-state index contributed by atoms with van der Waals surface area (Å²) in [7, 11) is 0. The summed E-state index contributed by atoms with van der Waals surface area (Å²) in [6, 6.07) is 27.1. The normalized spacial score (nSPS) is 20.0. The summed E-state index contributed by atoms with van der Waals surface area (Å²) in [5.74, 6) is 1.16. The van der Waals surface area contributed by atoms with Crippen molar-refractivity contribution in [2.75, 3.05) is 45.9 Å².